The predicted molar refractivity (Wildman–Crippen MR) is 101 cm³/mol. The van der Waals surface area contributed by atoms with Gasteiger partial charge in [-0.25, -0.2) is 9.78 Å². The highest BCUT2D eigenvalue weighted by Gasteiger charge is 2.59. The fourth-order valence-corrected chi connectivity index (χ4v) is 5.20. The van der Waals surface area contributed by atoms with E-state index in [1.165, 1.54) is 0 Å². The van der Waals surface area contributed by atoms with Crippen LogP contribution < -0.4 is 10.6 Å². The minimum absolute atomic E-state index is 0.00764. The zero-order chi connectivity index (χ0) is 17.8. The molecule has 2 aliphatic rings. The number of nitrogens with zero attached hydrogens (tertiary/aromatic N) is 1. The smallest absolute Gasteiger partial charge is 0.319 e. The van der Waals surface area contributed by atoms with Gasteiger partial charge in [0.05, 0.1) is 21.3 Å². The normalized spacial score (nSPS) is 27.2. The summed E-state index contributed by atoms with van der Waals surface area (Å²) in [7, 11) is 0. The lowest BCUT2D eigenvalue weighted by Crippen LogP contribution is -2.67. The highest BCUT2D eigenvalue weighted by Crippen LogP contribution is 2.52. The molecule has 1 saturated heterocycles. The number of anilines is 1. The Morgan fingerprint density at radius 2 is 2.20 bits per heavy atom. The van der Waals surface area contributed by atoms with Gasteiger partial charge in [0.25, 0.3) is 0 Å². The number of urea groups is 1. The van der Waals surface area contributed by atoms with Crippen LogP contribution in [0.5, 0.6) is 0 Å². The molecule has 1 saturated carbocycles. The Labute approximate surface area is 152 Å². The number of hydrogen-bond acceptors (Lipinski definition) is 4. The topological polar surface area (TPSA) is 63.2 Å². The Kier molecular flexibility index (Phi) is 4.00. The maximum absolute atomic E-state index is 12.5. The van der Waals surface area contributed by atoms with Crippen molar-refractivity contribution in [2.75, 3.05) is 11.9 Å². The van der Waals surface area contributed by atoms with Crippen molar-refractivity contribution in [3.8, 4) is 0 Å². The summed E-state index contributed by atoms with van der Waals surface area (Å²) in [4.78, 5) is 17.1. The first-order chi connectivity index (χ1) is 11.9. The number of benzene rings is 1. The molecule has 1 aliphatic heterocycles. The predicted octanol–water partition coefficient (Wildman–Crippen LogP) is 4.35. The van der Waals surface area contributed by atoms with Gasteiger partial charge in [-0.1, -0.05) is 27.7 Å². The van der Waals surface area contributed by atoms with Gasteiger partial charge in [0.2, 0.25) is 0 Å². The van der Waals surface area contributed by atoms with Gasteiger partial charge in [-0.15, -0.1) is 11.3 Å². The minimum Gasteiger partial charge on any atom is -0.377 e. The van der Waals surface area contributed by atoms with Gasteiger partial charge in [-0.3, -0.25) is 0 Å². The van der Waals surface area contributed by atoms with E-state index in [0.717, 1.165) is 33.9 Å². The van der Waals surface area contributed by atoms with E-state index in [2.05, 4.69) is 43.3 Å². The lowest BCUT2D eigenvalue weighted by atomic mass is 9.57. The van der Waals surface area contributed by atoms with Crippen LogP contribution in [0.2, 0.25) is 0 Å². The number of ether oxygens (including phenoxy) is 1. The highest BCUT2D eigenvalue weighted by atomic mass is 32.1. The third-order valence-electron chi connectivity index (χ3n) is 5.54. The van der Waals surface area contributed by atoms with E-state index in [1.807, 2.05) is 18.2 Å². The van der Waals surface area contributed by atoms with E-state index < -0.39 is 0 Å². The average molecular weight is 359 g/mol. The Morgan fingerprint density at radius 1 is 1.40 bits per heavy atom. The van der Waals surface area contributed by atoms with Crippen molar-refractivity contribution in [3.63, 3.8) is 0 Å². The van der Waals surface area contributed by atoms with E-state index in [1.54, 1.807) is 11.3 Å². The Hall–Kier alpha value is -1.66. The molecular weight excluding hydrogens is 334 g/mol. The largest absolute Gasteiger partial charge is 0.377 e. The number of amides is 2. The maximum Gasteiger partial charge on any atom is 0.319 e. The second-order valence-electron chi connectivity index (χ2n) is 8.03. The highest BCUT2D eigenvalue weighted by molar-refractivity contribution is 7.18. The molecule has 0 bridgehead atoms. The van der Waals surface area contributed by atoms with Gasteiger partial charge in [0.1, 0.15) is 0 Å². The van der Waals surface area contributed by atoms with E-state index in [9.17, 15) is 4.79 Å². The second kappa shape index (κ2) is 5.95. The van der Waals surface area contributed by atoms with E-state index in [-0.39, 0.29) is 23.6 Å². The summed E-state index contributed by atoms with van der Waals surface area (Å²) >= 11 is 1.69. The Bertz CT molecular complexity index is 814. The van der Waals surface area contributed by atoms with E-state index in [4.69, 9.17) is 4.74 Å². The molecule has 2 N–H and O–H groups in total. The summed E-state index contributed by atoms with van der Waals surface area (Å²) in [6.45, 7) is 9.43. The molecule has 2 fully saturated rings. The number of fused-ring (bicyclic) bond motifs is 2. The summed E-state index contributed by atoms with van der Waals surface area (Å²) < 4.78 is 6.90. The van der Waals surface area contributed by atoms with Crippen LogP contribution in [-0.4, -0.2) is 29.8 Å². The SMILES string of the molecule is CC(C)c1nc2ccc(NC(=O)N[C@@H]3[C@@H]4CCO[C@@H]4C3(C)C)cc2s1. The Morgan fingerprint density at radius 3 is 2.96 bits per heavy atom. The van der Waals surface area contributed by atoms with Gasteiger partial charge < -0.3 is 15.4 Å². The molecule has 2 amide bonds. The first-order valence-corrected chi connectivity index (χ1v) is 9.77. The van der Waals surface area contributed by atoms with Crippen LogP contribution in [0.3, 0.4) is 0 Å². The summed E-state index contributed by atoms with van der Waals surface area (Å²) in [6, 6.07) is 5.92. The fourth-order valence-electron chi connectivity index (χ4n) is 4.19. The number of carbonyl (C=O) groups excluding carboxylic acids is 1. The molecule has 4 rings (SSSR count). The fraction of sp³-hybridized carbons (Fsp3) is 0.579. The van der Waals surface area contributed by atoms with Gasteiger partial charge in [-0.05, 0) is 24.6 Å². The number of carbonyl (C=O) groups is 1. The third kappa shape index (κ3) is 2.81. The van der Waals surface area contributed by atoms with E-state index in [0.29, 0.717) is 11.8 Å². The molecule has 1 aromatic carbocycles. The van der Waals surface area contributed by atoms with Crippen molar-refractivity contribution in [3.05, 3.63) is 23.2 Å². The first kappa shape index (κ1) is 16.8. The van der Waals surface area contributed by atoms with Crippen LogP contribution in [0.15, 0.2) is 18.2 Å². The molecule has 0 radical (unpaired) electrons. The maximum atomic E-state index is 12.5. The van der Waals surface area contributed by atoms with Gasteiger partial charge in [0.15, 0.2) is 0 Å². The van der Waals surface area contributed by atoms with Crippen molar-refractivity contribution in [1.29, 1.82) is 0 Å². The third-order valence-corrected chi connectivity index (χ3v) is 6.86. The second-order valence-corrected chi connectivity index (χ2v) is 9.09. The van der Waals surface area contributed by atoms with Crippen LogP contribution in [0.25, 0.3) is 10.2 Å². The zero-order valence-electron chi connectivity index (χ0n) is 15.1. The van der Waals surface area contributed by atoms with Crippen LogP contribution in [0, 0.1) is 11.3 Å². The average Bonchev–Trinajstić information content (AvgIpc) is 3.17. The Balaban J connectivity index is 1.45. The van der Waals surface area contributed by atoms with Crippen LogP contribution in [0.4, 0.5) is 10.5 Å². The van der Waals surface area contributed by atoms with Crippen molar-refractivity contribution in [2.24, 2.45) is 11.3 Å². The molecule has 134 valence electrons. The molecule has 2 aromatic rings. The quantitative estimate of drug-likeness (QED) is 0.856. The molecule has 0 unspecified atom stereocenters. The van der Waals surface area contributed by atoms with Crippen LogP contribution in [-0.2, 0) is 4.74 Å². The minimum atomic E-state index is -0.142. The molecule has 0 spiro atoms. The van der Waals surface area contributed by atoms with Crippen molar-refractivity contribution >= 4 is 33.3 Å². The number of rotatable bonds is 3. The van der Waals surface area contributed by atoms with Crippen LogP contribution >= 0.6 is 11.3 Å². The monoisotopic (exact) mass is 359 g/mol. The van der Waals surface area contributed by atoms with Gasteiger partial charge >= 0.3 is 6.03 Å². The molecule has 1 aliphatic carbocycles. The summed E-state index contributed by atoms with van der Waals surface area (Å²) in [6.07, 6.45) is 1.31. The zero-order valence-corrected chi connectivity index (χ0v) is 15.9. The molecule has 2 heterocycles. The number of nitrogens with one attached hydrogen (secondary N) is 2. The molecule has 6 heteroatoms. The summed E-state index contributed by atoms with van der Waals surface area (Å²) in [5.41, 5.74) is 1.79. The molecule has 1 aromatic heterocycles. The van der Waals surface area contributed by atoms with Gasteiger partial charge in [0, 0.05) is 35.6 Å². The lowest BCUT2D eigenvalue weighted by molar-refractivity contribution is -0.107. The summed E-state index contributed by atoms with van der Waals surface area (Å²) in [5, 5.41) is 7.26. The summed E-state index contributed by atoms with van der Waals surface area (Å²) in [5.74, 6) is 0.859. The molecule has 3 atom stereocenters. The molecular formula is C19H25N3O2S. The van der Waals surface area contributed by atoms with Crippen molar-refractivity contribution in [2.45, 2.75) is 52.2 Å². The van der Waals surface area contributed by atoms with E-state index >= 15 is 0 Å². The number of hydrogen-bond donors (Lipinski definition) is 2. The number of aromatic nitrogens is 1. The van der Waals surface area contributed by atoms with Crippen molar-refractivity contribution in [1.82, 2.24) is 10.3 Å². The molecule has 25 heavy (non-hydrogen) atoms. The van der Waals surface area contributed by atoms with Crippen LogP contribution in [0.1, 0.15) is 45.0 Å². The first-order valence-electron chi connectivity index (χ1n) is 8.96. The lowest BCUT2D eigenvalue weighted by Gasteiger charge is -2.54. The van der Waals surface area contributed by atoms with Gasteiger partial charge in [-0.2, -0.15) is 0 Å². The molecule has 5 nitrogen and oxygen atoms in total. The van der Waals surface area contributed by atoms with Crippen molar-refractivity contribution < 1.29 is 9.53 Å². The standard InChI is InChI=1S/C19H25N3O2S/c1-10(2)17-21-13-6-5-11(9-14(13)25-17)20-18(23)22-15-12-7-8-24-16(12)19(15,3)4/h5-6,9-10,12,15-16H,7-8H2,1-4H3,(H2,20,22,23)/t12-,15+,16-/m0/s1. The number of thiazole rings is 1.